The fraction of sp³-hybridized carbons (Fsp3) is 1.00. The Kier molecular flexibility index (Phi) is 16.4. The minimum Gasteiger partial charge on any atom is -0.162 e. The lowest BCUT2D eigenvalue weighted by Crippen LogP contribution is -2.04. The summed E-state index contributed by atoms with van der Waals surface area (Å²) in [4.78, 5) is 0. The van der Waals surface area contributed by atoms with Crippen molar-refractivity contribution >= 4 is 11.8 Å². The van der Waals surface area contributed by atoms with E-state index in [1.165, 1.54) is 24.3 Å². The van der Waals surface area contributed by atoms with Crippen LogP contribution in [0.3, 0.4) is 0 Å². The summed E-state index contributed by atoms with van der Waals surface area (Å²) in [7, 11) is 0. The van der Waals surface area contributed by atoms with E-state index in [1.807, 2.05) is 27.7 Å². The molecular weight excluding hydrogens is 152 g/mol. The maximum Gasteiger partial charge on any atom is -0.00418 e. The average Bonchev–Trinajstić information content (AvgIpc) is 2.13. The van der Waals surface area contributed by atoms with Crippen molar-refractivity contribution in [2.45, 2.75) is 47.5 Å². The second-order valence-corrected chi connectivity index (χ2v) is 3.47. The van der Waals surface area contributed by atoms with Crippen molar-refractivity contribution in [3.05, 3.63) is 0 Å². The third-order valence-electron chi connectivity index (χ3n) is 1.39. The van der Waals surface area contributed by atoms with Crippen LogP contribution in [0.15, 0.2) is 0 Å². The monoisotopic (exact) mass is 176 g/mol. The average molecular weight is 176 g/mol. The van der Waals surface area contributed by atoms with Gasteiger partial charge in [-0.1, -0.05) is 34.6 Å². The Balaban J connectivity index is 0. The highest BCUT2D eigenvalue weighted by molar-refractivity contribution is 7.99. The van der Waals surface area contributed by atoms with E-state index in [4.69, 9.17) is 0 Å². The van der Waals surface area contributed by atoms with E-state index in [0.29, 0.717) is 0 Å². The van der Waals surface area contributed by atoms with Crippen LogP contribution in [0.25, 0.3) is 0 Å². The van der Waals surface area contributed by atoms with Crippen molar-refractivity contribution in [3.8, 4) is 0 Å². The molecule has 1 aliphatic heterocycles. The molecule has 0 N–H and O–H groups in total. The van der Waals surface area contributed by atoms with Gasteiger partial charge in [-0.05, 0) is 30.3 Å². The van der Waals surface area contributed by atoms with Gasteiger partial charge in [-0.25, -0.2) is 0 Å². The van der Waals surface area contributed by atoms with Crippen LogP contribution in [0, 0.1) is 5.92 Å². The fourth-order valence-electron chi connectivity index (χ4n) is 0.902. The summed E-state index contributed by atoms with van der Waals surface area (Å²) in [5.74, 6) is 3.81. The molecule has 0 aromatic rings. The zero-order valence-electron chi connectivity index (χ0n) is 8.81. The van der Waals surface area contributed by atoms with Crippen LogP contribution in [0.1, 0.15) is 47.5 Å². The first kappa shape index (κ1) is 13.9. The molecule has 1 rings (SSSR count). The van der Waals surface area contributed by atoms with Gasteiger partial charge in [0.05, 0.1) is 0 Å². The molecule has 70 valence electrons. The first-order valence-electron chi connectivity index (χ1n) is 4.97. The second-order valence-electron chi connectivity index (χ2n) is 2.32. The van der Waals surface area contributed by atoms with Crippen molar-refractivity contribution in [2.75, 3.05) is 11.5 Å². The predicted octanol–water partition coefficient (Wildman–Crippen LogP) is 4.20. The van der Waals surface area contributed by atoms with Crippen LogP contribution in [0.2, 0.25) is 0 Å². The molecular formula is C10H24S. The fourth-order valence-corrected chi connectivity index (χ4v) is 2.01. The molecule has 0 amide bonds. The Morgan fingerprint density at radius 1 is 1.09 bits per heavy atom. The normalized spacial score (nSPS) is 22.1. The van der Waals surface area contributed by atoms with Gasteiger partial charge in [0.2, 0.25) is 0 Å². The molecule has 0 aromatic carbocycles. The van der Waals surface area contributed by atoms with Crippen LogP contribution < -0.4 is 0 Å². The molecule has 1 unspecified atom stereocenters. The van der Waals surface area contributed by atoms with Gasteiger partial charge in [0.25, 0.3) is 0 Å². The van der Waals surface area contributed by atoms with Gasteiger partial charge in [0.1, 0.15) is 0 Å². The van der Waals surface area contributed by atoms with Crippen molar-refractivity contribution in [1.29, 1.82) is 0 Å². The summed E-state index contributed by atoms with van der Waals surface area (Å²) < 4.78 is 0. The molecule has 0 spiro atoms. The molecule has 1 aliphatic rings. The Bertz CT molecular complexity index is 46.8. The molecule has 0 bridgehead atoms. The largest absolute Gasteiger partial charge is 0.162 e. The lowest BCUT2D eigenvalue weighted by atomic mass is 10.1. The van der Waals surface area contributed by atoms with Crippen LogP contribution in [0.5, 0.6) is 0 Å². The molecule has 0 aromatic heterocycles. The maximum atomic E-state index is 2.34. The molecule has 0 aliphatic carbocycles. The molecule has 1 atom stereocenters. The van der Waals surface area contributed by atoms with E-state index in [1.54, 1.807) is 0 Å². The highest BCUT2D eigenvalue weighted by Gasteiger charge is 2.06. The van der Waals surface area contributed by atoms with E-state index < -0.39 is 0 Å². The van der Waals surface area contributed by atoms with E-state index >= 15 is 0 Å². The molecule has 0 saturated carbocycles. The molecule has 11 heavy (non-hydrogen) atoms. The summed E-state index contributed by atoms with van der Waals surface area (Å²) in [6, 6.07) is 0. The molecule has 1 fully saturated rings. The summed E-state index contributed by atoms with van der Waals surface area (Å²) in [6.07, 6.45) is 2.92. The molecule has 1 saturated heterocycles. The van der Waals surface area contributed by atoms with Gasteiger partial charge in [0, 0.05) is 0 Å². The standard InChI is InChI=1S/C6H12S.2C2H6/c1-6-3-2-4-7-5-6;2*1-2/h6H,2-5H2,1H3;2*1-2H3. The van der Waals surface area contributed by atoms with E-state index in [2.05, 4.69) is 18.7 Å². The van der Waals surface area contributed by atoms with E-state index in [9.17, 15) is 0 Å². The molecule has 0 nitrogen and oxygen atoms in total. The lowest BCUT2D eigenvalue weighted by Gasteiger charge is -2.15. The highest BCUT2D eigenvalue weighted by atomic mass is 32.2. The molecule has 1 heteroatoms. The molecule has 0 radical (unpaired) electrons. The number of rotatable bonds is 0. The van der Waals surface area contributed by atoms with Crippen molar-refractivity contribution in [3.63, 3.8) is 0 Å². The number of hydrogen-bond acceptors (Lipinski definition) is 1. The quantitative estimate of drug-likeness (QED) is 0.533. The van der Waals surface area contributed by atoms with Crippen molar-refractivity contribution in [1.82, 2.24) is 0 Å². The van der Waals surface area contributed by atoms with Gasteiger partial charge < -0.3 is 0 Å². The Morgan fingerprint density at radius 2 is 1.64 bits per heavy atom. The third-order valence-corrected chi connectivity index (χ3v) is 2.77. The van der Waals surface area contributed by atoms with Gasteiger partial charge in [-0.15, -0.1) is 0 Å². The van der Waals surface area contributed by atoms with Gasteiger partial charge in [0.15, 0.2) is 0 Å². The van der Waals surface area contributed by atoms with E-state index in [-0.39, 0.29) is 0 Å². The smallest absolute Gasteiger partial charge is 0.00418 e. The maximum absolute atomic E-state index is 2.34. The van der Waals surface area contributed by atoms with Crippen LogP contribution >= 0.6 is 11.8 Å². The summed E-state index contributed by atoms with van der Waals surface area (Å²) >= 11 is 2.10. The highest BCUT2D eigenvalue weighted by Crippen LogP contribution is 2.21. The van der Waals surface area contributed by atoms with Crippen molar-refractivity contribution in [2.24, 2.45) is 5.92 Å². The second kappa shape index (κ2) is 13.0. The Labute approximate surface area is 77.2 Å². The minimum atomic E-state index is 0.999. The summed E-state index contributed by atoms with van der Waals surface area (Å²) in [5, 5.41) is 0. The van der Waals surface area contributed by atoms with Gasteiger partial charge in [-0.3, -0.25) is 0 Å². The number of thioether (sulfide) groups is 1. The van der Waals surface area contributed by atoms with Crippen LogP contribution in [0.4, 0.5) is 0 Å². The Hall–Kier alpha value is 0.350. The minimum absolute atomic E-state index is 0.999. The van der Waals surface area contributed by atoms with Crippen LogP contribution in [-0.2, 0) is 0 Å². The zero-order chi connectivity index (χ0) is 9.11. The number of hydrogen-bond donors (Lipinski definition) is 0. The summed E-state index contributed by atoms with van der Waals surface area (Å²) in [5.41, 5.74) is 0. The Morgan fingerprint density at radius 3 is 1.82 bits per heavy atom. The SMILES string of the molecule is CC.CC.CC1CCCSC1. The van der Waals surface area contributed by atoms with Crippen molar-refractivity contribution < 1.29 is 0 Å². The summed E-state index contributed by atoms with van der Waals surface area (Å²) in [6.45, 7) is 10.3. The molecule has 1 heterocycles. The van der Waals surface area contributed by atoms with E-state index in [0.717, 1.165) is 5.92 Å². The topological polar surface area (TPSA) is 0 Å². The lowest BCUT2D eigenvalue weighted by molar-refractivity contribution is 0.573. The zero-order valence-corrected chi connectivity index (χ0v) is 9.63. The third kappa shape index (κ3) is 10.4. The predicted molar refractivity (Wildman–Crippen MR) is 58.4 cm³/mol. The van der Waals surface area contributed by atoms with Gasteiger partial charge >= 0.3 is 0 Å². The first-order valence-corrected chi connectivity index (χ1v) is 6.13. The van der Waals surface area contributed by atoms with Crippen LogP contribution in [-0.4, -0.2) is 11.5 Å². The van der Waals surface area contributed by atoms with Gasteiger partial charge in [-0.2, -0.15) is 11.8 Å². The first-order chi connectivity index (χ1) is 5.39.